The summed E-state index contributed by atoms with van der Waals surface area (Å²) in [6, 6.07) is 15.9. The van der Waals surface area contributed by atoms with Gasteiger partial charge in [-0.05, 0) is 54.7 Å². The maximum Gasteiger partial charge on any atom is 0.242 e. The molecule has 1 fully saturated rings. The van der Waals surface area contributed by atoms with Gasteiger partial charge in [-0.1, -0.05) is 44.5 Å². The number of hydrogen-bond donors (Lipinski definition) is 1. The third-order valence-electron chi connectivity index (χ3n) is 7.64. The molecule has 0 aromatic heterocycles. The lowest BCUT2D eigenvalue weighted by Gasteiger charge is -2.40. The van der Waals surface area contributed by atoms with Crippen molar-refractivity contribution in [3.63, 3.8) is 0 Å². The monoisotopic (exact) mass is 506 g/mol. The third-order valence-corrected chi connectivity index (χ3v) is 7.90. The summed E-state index contributed by atoms with van der Waals surface area (Å²) in [5.74, 6) is 0.300. The van der Waals surface area contributed by atoms with E-state index >= 15 is 0 Å². The van der Waals surface area contributed by atoms with Gasteiger partial charge in [-0.25, -0.2) is 0 Å². The van der Waals surface area contributed by atoms with Crippen LogP contribution in [-0.4, -0.2) is 55.4 Å². The van der Waals surface area contributed by atoms with Crippen molar-refractivity contribution in [2.75, 3.05) is 47.8 Å². The average molecular weight is 507 g/mol. The van der Waals surface area contributed by atoms with E-state index in [9.17, 15) is 9.59 Å². The number of amides is 1. The van der Waals surface area contributed by atoms with E-state index in [4.69, 9.17) is 11.6 Å². The van der Waals surface area contributed by atoms with Gasteiger partial charge in [0.2, 0.25) is 5.91 Å². The van der Waals surface area contributed by atoms with E-state index in [1.165, 1.54) is 0 Å². The predicted octanol–water partition coefficient (Wildman–Crippen LogP) is 5.34. The van der Waals surface area contributed by atoms with Crippen LogP contribution >= 0.6 is 11.6 Å². The van der Waals surface area contributed by atoms with Crippen molar-refractivity contribution in [1.29, 1.82) is 0 Å². The van der Waals surface area contributed by atoms with Crippen molar-refractivity contribution in [2.24, 2.45) is 5.41 Å². The highest BCUT2D eigenvalue weighted by Crippen LogP contribution is 2.44. The minimum atomic E-state index is -0.126. The number of halogens is 1. The van der Waals surface area contributed by atoms with Crippen molar-refractivity contribution in [3.05, 3.63) is 64.8 Å². The fourth-order valence-corrected chi connectivity index (χ4v) is 6.01. The standard InChI is InChI=1S/C29H35ClN4O2/c1-4-24-28-23(17-29(2,3)18-26(28)35)31-22-7-5-6-8-25(22)34(24)19-27(36)33-15-13-32(14-16-33)21-11-9-20(30)10-12-21/h5-12,24,31H,4,13-19H2,1-3H3. The Balaban J connectivity index is 1.37. The van der Waals surface area contributed by atoms with Gasteiger partial charge in [-0.15, -0.1) is 0 Å². The Morgan fingerprint density at radius 3 is 2.42 bits per heavy atom. The van der Waals surface area contributed by atoms with Crippen molar-refractivity contribution < 1.29 is 9.59 Å². The summed E-state index contributed by atoms with van der Waals surface area (Å²) < 4.78 is 0. The number of anilines is 3. The Kier molecular flexibility index (Phi) is 6.73. The zero-order valence-electron chi connectivity index (χ0n) is 21.4. The fraction of sp³-hybridized carbons (Fsp3) is 0.448. The molecule has 1 unspecified atom stereocenters. The second-order valence-corrected chi connectivity index (χ2v) is 11.3. The Morgan fingerprint density at radius 1 is 1.03 bits per heavy atom. The zero-order valence-corrected chi connectivity index (χ0v) is 22.1. The van der Waals surface area contributed by atoms with E-state index in [0.29, 0.717) is 19.5 Å². The number of carbonyl (C=O) groups excluding carboxylic acids is 2. The van der Waals surface area contributed by atoms with Crippen LogP contribution in [-0.2, 0) is 9.59 Å². The number of nitrogens with zero attached hydrogens (tertiary/aromatic N) is 3. The Bertz CT molecular complexity index is 1180. The van der Waals surface area contributed by atoms with Gasteiger partial charge in [0.15, 0.2) is 5.78 Å². The number of fused-ring (bicyclic) bond motifs is 1. The number of carbonyl (C=O) groups is 2. The summed E-state index contributed by atoms with van der Waals surface area (Å²) in [5.41, 5.74) is 4.87. The summed E-state index contributed by atoms with van der Waals surface area (Å²) in [6.07, 6.45) is 2.13. The fourth-order valence-electron chi connectivity index (χ4n) is 5.88. The van der Waals surface area contributed by atoms with E-state index in [1.807, 2.05) is 47.4 Å². The lowest BCUT2D eigenvalue weighted by molar-refractivity contribution is -0.130. The van der Waals surface area contributed by atoms with Gasteiger partial charge in [0, 0.05) is 54.6 Å². The number of allylic oxidation sites excluding steroid dienone is 1. The molecule has 1 saturated heterocycles. The maximum atomic E-state index is 13.6. The molecule has 0 bridgehead atoms. The Morgan fingerprint density at radius 2 is 1.72 bits per heavy atom. The van der Waals surface area contributed by atoms with Gasteiger partial charge in [0.25, 0.3) is 0 Å². The zero-order chi connectivity index (χ0) is 25.4. The van der Waals surface area contributed by atoms with Crippen LogP contribution in [0.3, 0.4) is 0 Å². The molecule has 6 nitrogen and oxygen atoms in total. The number of piperazine rings is 1. The van der Waals surface area contributed by atoms with E-state index < -0.39 is 0 Å². The van der Waals surface area contributed by atoms with Crippen LogP contribution in [0.25, 0.3) is 0 Å². The van der Waals surface area contributed by atoms with E-state index in [0.717, 1.165) is 59.3 Å². The molecule has 2 aliphatic heterocycles. The first kappa shape index (κ1) is 24.7. The first-order valence-corrected chi connectivity index (χ1v) is 13.3. The number of benzene rings is 2. The molecule has 1 N–H and O–H groups in total. The molecule has 2 heterocycles. The molecule has 1 amide bonds. The summed E-state index contributed by atoms with van der Waals surface area (Å²) in [6.45, 7) is 9.58. The van der Waals surface area contributed by atoms with Gasteiger partial charge in [0.05, 0.1) is 24.0 Å². The first-order chi connectivity index (χ1) is 17.3. The van der Waals surface area contributed by atoms with Crippen molar-refractivity contribution in [3.8, 4) is 0 Å². The molecule has 3 aliphatic rings. The number of rotatable bonds is 4. The molecule has 2 aromatic carbocycles. The predicted molar refractivity (Wildman–Crippen MR) is 147 cm³/mol. The van der Waals surface area contributed by atoms with Crippen LogP contribution in [0.4, 0.5) is 17.1 Å². The van der Waals surface area contributed by atoms with E-state index in [1.54, 1.807) is 0 Å². The number of ketones is 1. The molecule has 1 atom stereocenters. The Hall–Kier alpha value is -2.99. The second kappa shape index (κ2) is 9.81. The highest BCUT2D eigenvalue weighted by molar-refractivity contribution is 6.30. The summed E-state index contributed by atoms with van der Waals surface area (Å²) in [5, 5.41) is 4.32. The topological polar surface area (TPSA) is 55.9 Å². The number of Topliss-reactive ketones (excluding diaryl/α,β-unsaturated/α-hetero) is 1. The van der Waals surface area contributed by atoms with E-state index in [-0.39, 0.29) is 29.7 Å². The minimum Gasteiger partial charge on any atom is -0.368 e. The highest BCUT2D eigenvalue weighted by Gasteiger charge is 2.40. The largest absolute Gasteiger partial charge is 0.368 e. The summed E-state index contributed by atoms with van der Waals surface area (Å²) in [7, 11) is 0. The quantitative estimate of drug-likeness (QED) is 0.606. The van der Waals surface area contributed by atoms with Gasteiger partial charge in [-0.3, -0.25) is 9.59 Å². The van der Waals surface area contributed by atoms with Gasteiger partial charge < -0.3 is 20.0 Å². The highest BCUT2D eigenvalue weighted by atomic mass is 35.5. The van der Waals surface area contributed by atoms with Crippen LogP contribution < -0.4 is 15.1 Å². The Labute approximate surface area is 218 Å². The smallest absolute Gasteiger partial charge is 0.242 e. The lowest BCUT2D eigenvalue weighted by Crippen LogP contribution is -2.53. The molecule has 0 radical (unpaired) electrons. The minimum absolute atomic E-state index is 0.0785. The lowest BCUT2D eigenvalue weighted by atomic mass is 9.74. The van der Waals surface area contributed by atoms with Crippen molar-refractivity contribution in [1.82, 2.24) is 4.90 Å². The molecule has 190 valence electrons. The molecule has 7 heteroatoms. The van der Waals surface area contributed by atoms with Crippen LogP contribution in [0.1, 0.15) is 40.0 Å². The number of hydrogen-bond acceptors (Lipinski definition) is 5. The molecule has 5 rings (SSSR count). The van der Waals surface area contributed by atoms with Crippen LogP contribution in [0, 0.1) is 5.41 Å². The molecular weight excluding hydrogens is 472 g/mol. The molecule has 36 heavy (non-hydrogen) atoms. The van der Waals surface area contributed by atoms with Crippen molar-refractivity contribution in [2.45, 2.75) is 46.1 Å². The maximum absolute atomic E-state index is 13.6. The van der Waals surface area contributed by atoms with E-state index in [2.05, 4.69) is 42.0 Å². The normalized spacial score (nSPS) is 21.5. The summed E-state index contributed by atoms with van der Waals surface area (Å²) in [4.78, 5) is 33.4. The summed E-state index contributed by atoms with van der Waals surface area (Å²) >= 11 is 6.04. The SMILES string of the molecule is CCC1C2=C(CC(C)(C)CC2=O)Nc2ccccc2N1CC(=O)N1CCN(c2ccc(Cl)cc2)CC1. The molecule has 0 saturated carbocycles. The average Bonchev–Trinajstić information content (AvgIpc) is 2.98. The van der Waals surface area contributed by atoms with Crippen LogP contribution in [0.15, 0.2) is 59.8 Å². The van der Waals surface area contributed by atoms with Crippen molar-refractivity contribution >= 4 is 40.4 Å². The van der Waals surface area contributed by atoms with Crippen LogP contribution in [0.5, 0.6) is 0 Å². The molecule has 0 spiro atoms. The third kappa shape index (κ3) is 4.83. The van der Waals surface area contributed by atoms with Gasteiger partial charge >= 0.3 is 0 Å². The van der Waals surface area contributed by atoms with Crippen LogP contribution in [0.2, 0.25) is 5.02 Å². The molecular formula is C29H35ClN4O2. The van der Waals surface area contributed by atoms with Gasteiger partial charge in [0.1, 0.15) is 0 Å². The second-order valence-electron chi connectivity index (χ2n) is 10.9. The van der Waals surface area contributed by atoms with Gasteiger partial charge in [-0.2, -0.15) is 0 Å². The molecule has 1 aliphatic carbocycles. The first-order valence-electron chi connectivity index (χ1n) is 12.9. The number of para-hydroxylation sites is 2. The molecule has 2 aromatic rings. The number of nitrogens with one attached hydrogen (secondary N) is 1.